The third kappa shape index (κ3) is 8.04. The first-order chi connectivity index (χ1) is 12.7. The molecule has 7 heteroatoms. The van der Waals surface area contributed by atoms with Crippen LogP contribution in [0.3, 0.4) is 0 Å². The number of nitrogens with zero attached hydrogens (tertiary/aromatic N) is 2. The molecule has 0 spiro atoms. The maximum absolute atomic E-state index is 12.2. The second-order valence-electron chi connectivity index (χ2n) is 6.60. The molecule has 0 radical (unpaired) electrons. The topological polar surface area (TPSA) is 68.8 Å². The van der Waals surface area contributed by atoms with Crippen molar-refractivity contribution in [3.05, 3.63) is 29.8 Å². The molecule has 2 rings (SSSR count). The monoisotopic (exact) mass is 487 g/mol. The average molecular weight is 487 g/mol. The van der Waals surface area contributed by atoms with Gasteiger partial charge in [-0.3, -0.25) is 9.69 Å². The van der Waals surface area contributed by atoms with Crippen LogP contribution in [0.25, 0.3) is 0 Å². The Hall–Kier alpha value is -1.35. The zero-order valence-electron chi connectivity index (χ0n) is 16.8. The summed E-state index contributed by atoms with van der Waals surface area (Å²) in [5.41, 5.74) is 2.03. The lowest BCUT2D eigenvalue weighted by Gasteiger charge is -2.23. The van der Waals surface area contributed by atoms with Crippen molar-refractivity contribution in [3.63, 3.8) is 0 Å². The largest absolute Gasteiger partial charge is 0.357 e. The molecule has 1 aromatic carbocycles. The number of guanidine groups is 1. The quantitative estimate of drug-likeness (QED) is 0.300. The Morgan fingerprint density at radius 3 is 2.78 bits per heavy atom. The maximum atomic E-state index is 12.2. The molecule has 1 saturated heterocycles. The van der Waals surface area contributed by atoms with Gasteiger partial charge in [-0.25, -0.2) is 4.99 Å². The second kappa shape index (κ2) is 12.9. The number of halogens is 1. The summed E-state index contributed by atoms with van der Waals surface area (Å²) < 4.78 is 0. The number of aryl methyl sites for hydroxylation is 1. The first kappa shape index (κ1) is 23.7. The van der Waals surface area contributed by atoms with Crippen molar-refractivity contribution in [1.29, 1.82) is 0 Å². The van der Waals surface area contributed by atoms with Crippen LogP contribution in [0.15, 0.2) is 29.3 Å². The van der Waals surface area contributed by atoms with Gasteiger partial charge >= 0.3 is 0 Å². The first-order valence-corrected chi connectivity index (χ1v) is 9.81. The number of aliphatic imine (C=N–C) groups is 1. The van der Waals surface area contributed by atoms with Crippen molar-refractivity contribution in [2.75, 3.05) is 38.0 Å². The highest BCUT2D eigenvalue weighted by Crippen LogP contribution is 2.15. The molecule has 6 nitrogen and oxygen atoms in total. The molecule has 27 heavy (non-hydrogen) atoms. The fraction of sp³-hybridized carbons (Fsp3) is 0.600. The van der Waals surface area contributed by atoms with Gasteiger partial charge in [-0.2, -0.15) is 0 Å². The van der Waals surface area contributed by atoms with E-state index < -0.39 is 0 Å². The molecular formula is C20H34IN5O. The number of anilines is 1. The number of rotatable bonds is 8. The van der Waals surface area contributed by atoms with E-state index >= 15 is 0 Å². The second-order valence-corrected chi connectivity index (χ2v) is 6.60. The highest BCUT2D eigenvalue weighted by atomic mass is 127. The number of hydrogen-bond acceptors (Lipinski definition) is 3. The van der Waals surface area contributed by atoms with Gasteiger partial charge in [-0.05, 0) is 57.0 Å². The molecule has 0 aromatic heterocycles. The summed E-state index contributed by atoms with van der Waals surface area (Å²) in [5, 5.41) is 9.52. The molecule has 1 unspecified atom stereocenters. The lowest BCUT2D eigenvalue weighted by Crippen LogP contribution is -2.45. The molecule has 1 fully saturated rings. The van der Waals surface area contributed by atoms with Crippen LogP contribution in [0.2, 0.25) is 0 Å². The SMILES string of the molecule is CCNC(=NCC(=O)Nc1cccc(CC)c1)NCC1CCCN1CC.I. The van der Waals surface area contributed by atoms with Gasteiger partial charge in [-0.15, -0.1) is 24.0 Å². The standard InChI is InChI=1S/C20H33N5O.HI/c1-4-16-9-7-10-17(13-16)24-19(26)15-23-20(21-5-2)22-14-18-11-8-12-25(18)6-3;/h7,9-10,13,18H,4-6,8,11-12,14-15H2,1-3H3,(H,24,26)(H2,21,22,23);1H. The third-order valence-electron chi connectivity index (χ3n) is 4.75. The average Bonchev–Trinajstić information content (AvgIpc) is 3.11. The molecule has 1 aliphatic heterocycles. The van der Waals surface area contributed by atoms with E-state index in [0.717, 1.165) is 31.7 Å². The van der Waals surface area contributed by atoms with Crippen LogP contribution in [0.1, 0.15) is 39.2 Å². The normalized spacial score (nSPS) is 17.3. The van der Waals surface area contributed by atoms with Crippen LogP contribution >= 0.6 is 24.0 Å². The molecule has 1 aromatic rings. The number of nitrogens with one attached hydrogen (secondary N) is 3. The number of amides is 1. The van der Waals surface area contributed by atoms with E-state index in [1.54, 1.807) is 0 Å². The predicted octanol–water partition coefficient (Wildman–Crippen LogP) is 2.84. The Kier molecular flexibility index (Phi) is 11.3. The van der Waals surface area contributed by atoms with E-state index in [2.05, 4.69) is 45.8 Å². The van der Waals surface area contributed by atoms with Gasteiger partial charge in [0.25, 0.3) is 0 Å². The smallest absolute Gasteiger partial charge is 0.246 e. The summed E-state index contributed by atoms with van der Waals surface area (Å²) in [5.74, 6) is 0.597. The highest BCUT2D eigenvalue weighted by Gasteiger charge is 2.22. The van der Waals surface area contributed by atoms with Gasteiger partial charge in [0.15, 0.2) is 5.96 Å². The Morgan fingerprint density at radius 1 is 1.26 bits per heavy atom. The van der Waals surface area contributed by atoms with Crippen molar-refractivity contribution in [2.24, 2.45) is 4.99 Å². The molecule has 1 heterocycles. The molecule has 0 aliphatic carbocycles. The van der Waals surface area contributed by atoms with Gasteiger partial charge in [0.05, 0.1) is 0 Å². The number of carbonyl (C=O) groups excluding carboxylic acids is 1. The first-order valence-electron chi connectivity index (χ1n) is 9.81. The van der Waals surface area contributed by atoms with Gasteiger partial charge in [-0.1, -0.05) is 26.0 Å². The number of likely N-dealkylation sites (tertiary alicyclic amines) is 1. The number of hydrogen-bond donors (Lipinski definition) is 3. The van der Waals surface area contributed by atoms with Crippen LogP contribution in [-0.4, -0.2) is 55.5 Å². The minimum atomic E-state index is -0.105. The maximum Gasteiger partial charge on any atom is 0.246 e. The van der Waals surface area contributed by atoms with E-state index in [1.165, 1.54) is 24.9 Å². The summed E-state index contributed by atoms with van der Waals surface area (Å²) in [6.07, 6.45) is 3.42. The van der Waals surface area contributed by atoms with Crippen LogP contribution in [0, 0.1) is 0 Å². The van der Waals surface area contributed by atoms with E-state index in [1.807, 2.05) is 25.1 Å². The highest BCUT2D eigenvalue weighted by molar-refractivity contribution is 14.0. The Balaban J connectivity index is 0.00000364. The molecule has 152 valence electrons. The lowest BCUT2D eigenvalue weighted by molar-refractivity contribution is -0.114. The van der Waals surface area contributed by atoms with Gasteiger partial charge in [0.1, 0.15) is 6.54 Å². The minimum absolute atomic E-state index is 0. The number of carbonyl (C=O) groups is 1. The predicted molar refractivity (Wildman–Crippen MR) is 124 cm³/mol. The summed E-state index contributed by atoms with van der Waals surface area (Å²) in [7, 11) is 0. The van der Waals surface area contributed by atoms with E-state index in [0.29, 0.717) is 12.0 Å². The molecular weight excluding hydrogens is 453 g/mol. The number of benzene rings is 1. The van der Waals surface area contributed by atoms with Gasteiger partial charge < -0.3 is 16.0 Å². The van der Waals surface area contributed by atoms with Crippen molar-refractivity contribution in [1.82, 2.24) is 15.5 Å². The fourth-order valence-corrected chi connectivity index (χ4v) is 3.32. The van der Waals surface area contributed by atoms with Crippen molar-refractivity contribution < 1.29 is 4.79 Å². The number of likely N-dealkylation sites (N-methyl/N-ethyl adjacent to an activating group) is 1. The summed E-state index contributed by atoms with van der Waals surface area (Å²) in [6.45, 7) is 10.3. The van der Waals surface area contributed by atoms with E-state index in [9.17, 15) is 4.79 Å². The van der Waals surface area contributed by atoms with Crippen LogP contribution in [-0.2, 0) is 11.2 Å². The van der Waals surface area contributed by atoms with Gasteiger partial charge in [0.2, 0.25) is 5.91 Å². The Labute approximate surface area is 180 Å². The van der Waals surface area contributed by atoms with Gasteiger partial charge in [0, 0.05) is 24.8 Å². The molecule has 0 saturated carbocycles. The molecule has 1 aliphatic rings. The van der Waals surface area contributed by atoms with E-state index in [4.69, 9.17) is 0 Å². The Morgan fingerprint density at radius 2 is 2.07 bits per heavy atom. The molecule has 3 N–H and O–H groups in total. The van der Waals surface area contributed by atoms with E-state index in [-0.39, 0.29) is 36.4 Å². The molecule has 0 bridgehead atoms. The zero-order valence-corrected chi connectivity index (χ0v) is 19.1. The summed E-state index contributed by atoms with van der Waals surface area (Å²) in [6, 6.07) is 8.48. The zero-order chi connectivity index (χ0) is 18.8. The van der Waals surface area contributed by atoms with Crippen LogP contribution in [0.5, 0.6) is 0 Å². The third-order valence-corrected chi connectivity index (χ3v) is 4.75. The fourth-order valence-electron chi connectivity index (χ4n) is 3.32. The summed E-state index contributed by atoms with van der Waals surface area (Å²) in [4.78, 5) is 19.1. The summed E-state index contributed by atoms with van der Waals surface area (Å²) >= 11 is 0. The lowest BCUT2D eigenvalue weighted by atomic mass is 10.1. The van der Waals surface area contributed by atoms with Crippen molar-refractivity contribution in [2.45, 2.75) is 46.1 Å². The molecule has 1 atom stereocenters. The van der Waals surface area contributed by atoms with Crippen molar-refractivity contribution >= 4 is 41.5 Å². The minimum Gasteiger partial charge on any atom is -0.357 e. The molecule has 1 amide bonds. The van der Waals surface area contributed by atoms with Crippen LogP contribution in [0.4, 0.5) is 5.69 Å². The van der Waals surface area contributed by atoms with Crippen LogP contribution < -0.4 is 16.0 Å². The Bertz CT molecular complexity index is 608. The van der Waals surface area contributed by atoms with Crippen molar-refractivity contribution in [3.8, 4) is 0 Å².